The molecule has 0 amide bonds. The van der Waals surface area contributed by atoms with Gasteiger partial charge in [-0.2, -0.15) is 30.7 Å². The van der Waals surface area contributed by atoms with E-state index in [2.05, 4.69) is 16.0 Å². The fourth-order valence-electron chi connectivity index (χ4n) is 3.17. The van der Waals surface area contributed by atoms with E-state index < -0.39 is 75.3 Å². The first kappa shape index (κ1) is 29.8. The van der Waals surface area contributed by atoms with E-state index in [1.165, 1.54) is 20.8 Å². The Morgan fingerprint density at radius 1 is 1.00 bits per heavy atom. The van der Waals surface area contributed by atoms with E-state index >= 15 is 0 Å². The van der Waals surface area contributed by atoms with Crippen LogP contribution in [0.15, 0.2) is 49.1 Å². The normalized spacial score (nSPS) is 15.5. The zero-order valence-corrected chi connectivity index (χ0v) is 20.0. The molecule has 0 aliphatic carbocycles. The minimum Gasteiger partial charge on any atom is -0.598 e. The van der Waals surface area contributed by atoms with Gasteiger partial charge in [0.2, 0.25) is 0 Å². The van der Waals surface area contributed by atoms with Crippen molar-refractivity contribution in [3.05, 3.63) is 77.4 Å². The highest BCUT2D eigenvalue weighted by atomic mass is 32.2. The third kappa shape index (κ3) is 6.68. The van der Waals surface area contributed by atoms with Gasteiger partial charge in [0.15, 0.2) is 0 Å². The molecule has 0 saturated carbocycles. The molecule has 1 unspecified atom stereocenters. The molecule has 0 aliphatic heterocycles. The molecule has 0 saturated heterocycles. The van der Waals surface area contributed by atoms with Gasteiger partial charge in [-0.3, -0.25) is 0 Å². The minimum absolute atomic E-state index is 0.366. The molecule has 1 N–H and O–H groups in total. The summed E-state index contributed by atoms with van der Waals surface area (Å²) in [6.45, 7) is 8.01. The lowest BCUT2D eigenvalue weighted by molar-refractivity contribution is -0.253. The summed E-state index contributed by atoms with van der Waals surface area (Å²) in [5.41, 5.74) is -4.58. The standard InChI is InChI=1S/C23H22F9NO2S/c1-5-8-21(33-36(34)20(2,3)4,13-6-7-18(25)17(11-13)22(28,29)30)14-9-15(24)12-16(10-14)35-23(31,32)19(26)27/h5-7,9-12,19,33H,1,8H2,2-4H3/t21-,36?/m1/s1. The van der Waals surface area contributed by atoms with Gasteiger partial charge in [0.1, 0.15) is 27.7 Å². The smallest absolute Gasteiger partial charge is 0.461 e. The van der Waals surface area contributed by atoms with Crippen molar-refractivity contribution in [2.24, 2.45) is 0 Å². The Bertz CT molecular complexity index is 1090. The summed E-state index contributed by atoms with van der Waals surface area (Å²) in [5.74, 6) is -3.98. The Hall–Kier alpha value is -2.38. The van der Waals surface area contributed by atoms with E-state index in [-0.39, 0.29) is 5.56 Å². The highest BCUT2D eigenvalue weighted by molar-refractivity contribution is 7.90. The van der Waals surface area contributed by atoms with Crippen molar-refractivity contribution in [3.63, 3.8) is 0 Å². The second-order valence-electron chi connectivity index (χ2n) is 8.71. The molecule has 36 heavy (non-hydrogen) atoms. The molecule has 2 rings (SSSR count). The van der Waals surface area contributed by atoms with Crippen LogP contribution in [-0.2, 0) is 23.1 Å². The number of nitrogens with one attached hydrogen (secondary N) is 1. The van der Waals surface area contributed by atoms with Crippen LogP contribution in [0.2, 0.25) is 0 Å². The Kier molecular flexibility index (Phi) is 8.74. The van der Waals surface area contributed by atoms with Gasteiger partial charge in [0.25, 0.3) is 0 Å². The fraction of sp³-hybridized carbons (Fsp3) is 0.391. The number of benzene rings is 2. The number of ether oxygens (including phenoxy) is 1. The third-order valence-electron chi connectivity index (χ3n) is 4.91. The van der Waals surface area contributed by atoms with Crippen molar-refractivity contribution in [2.75, 3.05) is 0 Å². The first-order valence-electron chi connectivity index (χ1n) is 10.2. The molecule has 2 aromatic carbocycles. The van der Waals surface area contributed by atoms with Crippen LogP contribution in [0, 0.1) is 11.6 Å². The Morgan fingerprint density at radius 3 is 2.11 bits per heavy atom. The summed E-state index contributed by atoms with van der Waals surface area (Å²) >= 11 is -2.09. The van der Waals surface area contributed by atoms with Crippen LogP contribution in [0.5, 0.6) is 5.75 Å². The maximum atomic E-state index is 14.5. The quantitative estimate of drug-likeness (QED) is 0.207. The van der Waals surface area contributed by atoms with Crippen LogP contribution in [0.4, 0.5) is 39.5 Å². The van der Waals surface area contributed by atoms with E-state index in [9.17, 15) is 44.1 Å². The number of hydrogen-bond donors (Lipinski definition) is 1. The molecule has 3 nitrogen and oxygen atoms in total. The fourth-order valence-corrected chi connectivity index (χ4v) is 4.11. The summed E-state index contributed by atoms with van der Waals surface area (Å²) in [4.78, 5) is 0. The molecule has 2 aromatic rings. The molecular weight excluding hydrogens is 525 g/mol. The van der Waals surface area contributed by atoms with Crippen molar-refractivity contribution in [1.82, 2.24) is 4.72 Å². The summed E-state index contributed by atoms with van der Waals surface area (Å²) in [6, 6.07) is 3.54. The maximum absolute atomic E-state index is 14.5. The average molecular weight is 547 g/mol. The maximum Gasteiger partial charge on any atom is 0.461 e. The zero-order valence-electron chi connectivity index (χ0n) is 19.2. The predicted molar refractivity (Wildman–Crippen MR) is 116 cm³/mol. The van der Waals surface area contributed by atoms with Crippen LogP contribution in [0.25, 0.3) is 0 Å². The van der Waals surface area contributed by atoms with Crippen molar-refractivity contribution in [2.45, 2.75) is 56.2 Å². The molecule has 13 heteroatoms. The molecule has 0 bridgehead atoms. The number of rotatable bonds is 9. The Morgan fingerprint density at radius 2 is 1.61 bits per heavy atom. The lowest BCUT2D eigenvalue weighted by atomic mass is 9.80. The second-order valence-corrected chi connectivity index (χ2v) is 10.7. The van der Waals surface area contributed by atoms with E-state index in [1.807, 2.05) is 0 Å². The van der Waals surface area contributed by atoms with Crippen LogP contribution < -0.4 is 9.46 Å². The molecule has 0 aromatic heterocycles. The van der Waals surface area contributed by atoms with Crippen LogP contribution in [-0.4, -0.2) is 21.8 Å². The largest absolute Gasteiger partial charge is 0.598 e. The number of alkyl halides is 7. The molecular formula is C23H22F9NO2S. The number of hydrogen-bond acceptors (Lipinski definition) is 3. The van der Waals surface area contributed by atoms with E-state index in [0.29, 0.717) is 30.3 Å². The first-order chi connectivity index (χ1) is 16.3. The van der Waals surface area contributed by atoms with Crippen LogP contribution in [0.1, 0.15) is 43.9 Å². The summed E-state index contributed by atoms with van der Waals surface area (Å²) in [5, 5.41) is 0. The molecule has 0 radical (unpaired) electrons. The Balaban J connectivity index is 2.88. The average Bonchev–Trinajstić information content (AvgIpc) is 2.71. The van der Waals surface area contributed by atoms with E-state index in [0.717, 1.165) is 12.1 Å². The van der Waals surface area contributed by atoms with Crippen molar-refractivity contribution < 1.29 is 48.8 Å². The summed E-state index contributed by atoms with van der Waals surface area (Å²) < 4.78 is 140. The minimum atomic E-state index is -5.15. The van der Waals surface area contributed by atoms with Gasteiger partial charge >= 0.3 is 18.7 Å². The van der Waals surface area contributed by atoms with Gasteiger partial charge < -0.3 is 9.29 Å². The molecule has 0 aliphatic rings. The Labute approximate surface area is 204 Å². The highest BCUT2D eigenvalue weighted by Gasteiger charge is 2.46. The van der Waals surface area contributed by atoms with Crippen molar-refractivity contribution >= 4 is 11.4 Å². The number of halogens is 9. The molecule has 2 atom stereocenters. The van der Waals surface area contributed by atoms with Gasteiger partial charge in [0.05, 0.1) is 5.56 Å². The zero-order chi connectivity index (χ0) is 27.7. The van der Waals surface area contributed by atoms with Crippen LogP contribution >= 0.6 is 0 Å². The van der Waals surface area contributed by atoms with Gasteiger partial charge in [0, 0.05) is 17.4 Å². The summed E-state index contributed by atoms with van der Waals surface area (Å²) in [6.07, 6.45) is -13.7. The van der Waals surface area contributed by atoms with Crippen molar-refractivity contribution in [1.29, 1.82) is 0 Å². The highest BCUT2D eigenvalue weighted by Crippen LogP contribution is 2.41. The van der Waals surface area contributed by atoms with E-state index in [4.69, 9.17) is 0 Å². The molecule has 200 valence electrons. The van der Waals surface area contributed by atoms with Gasteiger partial charge in [-0.05, 0) is 62.6 Å². The van der Waals surface area contributed by atoms with Gasteiger partial charge in [-0.25, -0.2) is 8.78 Å². The van der Waals surface area contributed by atoms with E-state index in [1.54, 1.807) is 0 Å². The second kappa shape index (κ2) is 10.5. The molecule has 0 fully saturated rings. The lowest BCUT2D eigenvalue weighted by Gasteiger charge is -2.38. The molecule has 0 heterocycles. The van der Waals surface area contributed by atoms with Crippen molar-refractivity contribution in [3.8, 4) is 5.75 Å². The molecule has 0 spiro atoms. The predicted octanol–water partition coefficient (Wildman–Crippen LogP) is 7.09. The monoisotopic (exact) mass is 547 g/mol. The first-order valence-corrected chi connectivity index (χ1v) is 11.3. The lowest BCUT2D eigenvalue weighted by Crippen LogP contribution is -2.52. The SMILES string of the molecule is C=CC[C@](N[S+]([O-])C(C)(C)C)(c1cc(F)cc(OC(F)(F)C(F)F)c1)c1ccc(F)c(C(F)(F)F)c1. The van der Waals surface area contributed by atoms with Crippen LogP contribution in [0.3, 0.4) is 0 Å². The van der Waals surface area contributed by atoms with Gasteiger partial charge in [-0.15, -0.1) is 11.3 Å². The summed E-state index contributed by atoms with van der Waals surface area (Å²) in [7, 11) is 0. The van der Waals surface area contributed by atoms with Gasteiger partial charge in [-0.1, -0.05) is 12.1 Å². The topological polar surface area (TPSA) is 44.3 Å². The third-order valence-corrected chi connectivity index (χ3v) is 6.56.